The number of carbonyl (C=O) groups excluding carboxylic acids is 1. The van der Waals surface area contributed by atoms with Crippen LogP contribution in [0.1, 0.15) is 16.2 Å². The summed E-state index contributed by atoms with van der Waals surface area (Å²) in [6.45, 7) is 0.361. The van der Waals surface area contributed by atoms with Crippen molar-refractivity contribution in [2.45, 2.75) is 6.54 Å². The molecule has 6 nitrogen and oxygen atoms in total. The average Bonchev–Trinajstić information content (AvgIpc) is 3.04. The average molecular weight is 315 g/mol. The van der Waals surface area contributed by atoms with Crippen LogP contribution in [0.25, 0.3) is 11.5 Å². The van der Waals surface area contributed by atoms with Crippen LogP contribution >= 0.6 is 11.6 Å². The molecular formula is C15H11ClN4O2. The molecule has 0 aliphatic carbocycles. The molecule has 7 heteroatoms. The number of hydrogen-bond acceptors (Lipinski definition) is 5. The van der Waals surface area contributed by atoms with Crippen LogP contribution in [-0.2, 0) is 6.54 Å². The molecule has 0 saturated carbocycles. The topological polar surface area (TPSA) is 80.9 Å². The van der Waals surface area contributed by atoms with Crippen molar-refractivity contribution >= 4 is 17.5 Å². The van der Waals surface area contributed by atoms with Crippen LogP contribution in [0.5, 0.6) is 0 Å². The second-order valence-electron chi connectivity index (χ2n) is 4.46. The summed E-state index contributed by atoms with van der Waals surface area (Å²) < 4.78 is 5.37. The fourth-order valence-electron chi connectivity index (χ4n) is 1.78. The summed E-state index contributed by atoms with van der Waals surface area (Å²) in [5, 5.41) is 10.9. The summed E-state index contributed by atoms with van der Waals surface area (Å²) in [5.41, 5.74) is 1.63. The van der Waals surface area contributed by atoms with Crippen molar-refractivity contribution in [2.75, 3.05) is 0 Å². The zero-order valence-electron chi connectivity index (χ0n) is 11.4. The van der Waals surface area contributed by atoms with Crippen molar-refractivity contribution in [3.8, 4) is 11.5 Å². The Bertz CT molecular complexity index is 772. The van der Waals surface area contributed by atoms with E-state index in [-0.39, 0.29) is 11.8 Å². The number of amides is 1. The second kappa shape index (κ2) is 6.36. The normalized spacial score (nSPS) is 10.4. The molecule has 1 amide bonds. The predicted octanol–water partition coefficient (Wildman–Crippen LogP) is 2.72. The third kappa shape index (κ3) is 3.29. The van der Waals surface area contributed by atoms with Crippen molar-refractivity contribution in [3.63, 3.8) is 0 Å². The van der Waals surface area contributed by atoms with Crippen molar-refractivity contribution in [3.05, 3.63) is 65.3 Å². The zero-order valence-corrected chi connectivity index (χ0v) is 12.1. The lowest BCUT2D eigenvalue weighted by molar-refractivity contribution is 0.0917. The van der Waals surface area contributed by atoms with Gasteiger partial charge in [-0.3, -0.25) is 9.78 Å². The lowest BCUT2D eigenvalue weighted by Crippen LogP contribution is -2.23. The lowest BCUT2D eigenvalue weighted by atomic mass is 10.2. The molecule has 3 rings (SSSR count). The summed E-state index contributed by atoms with van der Waals surface area (Å²) in [7, 11) is 0. The zero-order chi connectivity index (χ0) is 15.4. The van der Waals surface area contributed by atoms with E-state index in [2.05, 4.69) is 20.5 Å². The monoisotopic (exact) mass is 314 g/mol. The molecule has 2 heterocycles. The van der Waals surface area contributed by atoms with Gasteiger partial charge in [-0.05, 0) is 42.0 Å². The van der Waals surface area contributed by atoms with Crippen molar-refractivity contribution in [1.82, 2.24) is 20.5 Å². The Morgan fingerprint density at radius 1 is 1.09 bits per heavy atom. The van der Waals surface area contributed by atoms with Gasteiger partial charge >= 0.3 is 11.8 Å². The van der Waals surface area contributed by atoms with Crippen LogP contribution in [0.4, 0.5) is 0 Å². The number of nitrogens with zero attached hydrogens (tertiary/aromatic N) is 3. The SMILES string of the molecule is O=C(NCc1ccncc1)c1nnc(-c2ccc(Cl)cc2)o1. The summed E-state index contributed by atoms with van der Waals surface area (Å²) in [6.07, 6.45) is 3.32. The maximum Gasteiger partial charge on any atom is 0.309 e. The molecule has 0 spiro atoms. The molecule has 0 aliphatic rings. The van der Waals surface area contributed by atoms with Gasteiger partial charge < -0.3 is 9.73 Å². The summed E-state index contributed by atoms with van der Waals surface area (Å²) in [4.78, 5) is 15.9. The Morgan fingerprint density at radius 3 is 2.55 bits per heavy atom. The number of benzene rings is 1. The van der Waals surface area contributed by atoms with Gasteiger partial charge in [0.15, 0.2) is 0 Å². The maximum absolute atomic E-state index is 12.0. The van der Waals surface area contributed by atoms with E-state index in [1.54, 1.807) is 36.7 Å². The molecule has 0 atom stereocenters. The van der Waals surface area contributed by atoms with Gasteiger partial charge in [0.1, 0.15) is 0 Å². The van der Waals surface area contributed by atoms with Gasteiger partial charge in [0, 0.05) is 29.5 Å². The third-order valence-electron chi connectivity index (χ3n) is 2.91. The minimum absolute atomic E-state index is 0.0843. The first kappa shape index (κ1) is 14.2. The van der Waals surface area contributed by atoms with Gasteiger partial charge in [-0.1, -0.05) is 11.6 Å². The highest BCUT2D eigenvalue weighted by molar-refractivity contribution is 6.30. The molecular weight excluding hydrogens is 304 g/mol. The summed E-state index contributed by atoms with van der Waals surface area (Å²) in [5.74, 6) is -0.241. The fourth-order valence-corrected chi connectivity index (χ4v) is 1.91. The molecule has 2 aromatic heterocycles. The van der Waals surface area contributed by atoms with E-state index >= 15 is 0 Å². The quantitative estimate of drug-likeness (QED) is 0.800. The predicted molar refractivity (Wildman–Crippen MR) is 80.2 cm³/mol. The van der Waals surface area contributed by atoms with Gasteiger partial charge in [0.25, 0.3) is 0 Å². The fraction of sp³-hybridized carbons (Fsp3) is 0.0667. The first-order valence-corrected chi connectivity index (χ1v) is 6.87. The number of halogens is 1. The Labute approximate surface area is 131 Å². The highest BCUT2D eigenvalue weighted by Crippen LogP contribution is 2.20. The molecule has 0 fully saturated rings. The summed E-state index contributed by atoms with van der Waals surface area (Å²) in [6, 6.07) is 10.5. The van der Waals surface area contributed by atoms with E-state index in [0.29, 0.717) is 17.1 Å². The minimum atomic E-state index is -0.426. The Morgan fingerprint density at radius 2 is 1.82 bits per heavy atom. The number of pyridine rings is 1. The number of aromatic nitrogens is 3. The first-order chi connectivity index (χ1) is 10.7. The van der Waals surface area contributed by atoms with Gasteiger partial charge in [0.2, 0.25) is 5.89 Å². The number of rotatable bonds is 4. The Hall–Kier alpha value is -2.73. The summed E-state index contributed by atoms with van der Waals surface area (Å²) >= 11 is 5.82. The molecule has 0 saturated heterocycles. The third-order valence-corrected chi connectivity index (χ3v) is 3.16. The highest BCUT2D eigenvalue weighted by atomic mass is 35.5. The standard InChI is InChI=1S/C15H11ClN4O2/c16-12-3-1-11(2-4-12)14-19-20-15(22-14)13(21)18-9-10-5-7-17-8-6-10/h1-8H,9H2,(H,18,21). The van der Waals surface area contributed by atoms with Crippen LogP contribution in [0.2, 0.25) is 5.02 Å². The molecule has 110 valence electrons. The first-order valence-electron chi connectivity index (χ1n) is 6.49. The maximum atomic E-state index is 12.0. The number of hydrogen-bond donors (Lipinski definition) is 1. The van der Waals surface area contributed by atoms with Gasteiger partial charge in [-0.25, -0.2) is 0 Å². The largest absolute Gasteiger partial charge is 0.412 e. The van der Waals surface area contributed by atoms with Crippen LogP contribution in [0.15, 0.2) is 53.2 Å². The van der Waals surface area contributed by atoms with Gasteiger partial charge in [0.05, 0.1) is 0 Å². The number of nitrogens with one attached hydrogen (secondary N) is 1. The highest BCUT2D eigenvalue weighted by Gasteiger charge is 2.15. The number of carbonyl (C=O) groups is 1. The molecule has 3 aromatic rings. The Kier molecular flexibility index (Phi) is 4.11. The van der Waals surface area contributed by atoms with Crippen molar-refractivity contribution in [1.29, 1.82) is 0 Å². The Balaban J connectivity index is 1.68. The van der Waals surface area contributed by atoms with Crippen LogP contribution in [0.3, 0.4) is 0 Å². The van der Waals surface area contributed by atoms with E-state index < -0.39 is 5.91 Å². The van der Waals surface area contributed by atoms with Crippen molar-refractivity contribution in [2.24, 2.45) is 0 Å². The molecule has 0 unspecified atom stereocenters. The van der Waals surface area contributed by atoms with Crippen LogP contribution < -0.4 is 5.32 Å². The molecule has 0 bridgehead atoms. The smallest absolute Gasteiger partial charge is 0.309 e. The van der Waals surface area contributed by atoms with Gasteiger partial charge in [-0.15, -0.1) is 10.2 Å². The minimum Gasteiger partial charge on any atom is -0.412 e. The van der Waals surface area contributed by atoms with E-state index in [1.807, 2.05) is 12.1 Å². The molecule has 0 aliphatic heterocycles. The molecule has 0 radical (unpaired) electrons. The molecule has 1 N–H and O–H groups in total. The van der Waals surface area contributed by atoms with Crippen LogP contribution in [0, 0.1) is 0 Å². The molecule has 1 aromatic carbocycles. The van der Waals surface area contributed by atoms with E-state index in [0.717, 1.165) is 5.56 Å². The van der Waals surface area contributed by atoms with Gasteiger partial charge in [-0.2, -0.15) is 0 Å². The van der Waals surface area contributed by atoms with Crippen LogP contribution in [-0.4, -0.2) is 21.1 Å². The van der Waals surface area contributed by atoms with Crippen molar-refractivity contribution < 1.29 is 9.21 Å². The second-order valence-corrected chi connectivity index (χ2v) is 4.89. The van der Waals surface area contributed by atoms with E-state index in [9.17, 15) is 4.79 Å². The lowest BCUT2D eigenvalue weighted by Gasteiger charge is -2.01. The van der Waals surface area contributed by atoms with E-state index in [4.69, 9.17) is 16.0 Å². The molecule has 22 heavy (non-hydrogen) atoms. The van der Waals surface area contributed by atoms with E-state index in [1.165, 1.54) is 0 Å².